The highest BCUT2D eigenvalue weighted by atomic mass is 32.1. The smallest absolute Gasteiger partial charge is 0.415 e. The molecule has 4 N–H and O–H groups in total. The Labute approximate surface area is 496 Å². The predicted molar refractivity (Wildman–Crippen MR) is 319 cm³/mol. The van der Waals surface area contributed by atoms with Crippen molar-refractivity contribution >= 4 is 71.4 Å². The number of carbonyl (C=O) groups excluding carboxylic acids is 8. The fourth-order valence-corrected chi connectivity index (χ4v) is 11.4. The van der Waals surface area contributed by atoms with Gasteiger partial charge in [-0.1, -0.05) is 62.3 Å². The quantitative estimate of drug-likeness (QED) is 0.0208. The number of anilines is 2. The monoisotopic (exact) mass is 1180 g/mol. The minimum Gasteiger partial charge on any atom is -0.493 e. The summed E-state index contributed by atoms with van der Waals surface area (Å²) in [6, 6.07) is 11.2. The number of imide groups is 1. The molecule has 0 bridgehead atoms. The van der Waals surface area contributed by atoms with Crippen LogP contribution in [0.4, 0.5) is 16.2 Å². The number of amides is 8. The van der Waals surface area contributed by atoms with E-state index in [9.17, 15) is 43.5 Å². The molecule has 8 amide bonds. The Bertz CT molecular complexity index is 3010. The Morgan fingerprint density at radius 2 is 1.54 bits per heavy atom. The molecule has 4 aliphatic rings. The number of unbranched alkanes of at least 4 members (excludes halogenated alkanes) is 4. The number of carbonyl (C=O) groups is 8. The number of methoxy groups -OCH3 is 2. The SMILES string of the molecule is C=CC1CC(=C)CN1C(=O)c1cc(OC)c(OCCCCCOc2cc3c(cc2OC)C(=O)N2CC(=C)CC2(C)C(CO)N3C(=O)OCc2ccc(NC(=O)C(CCC)NC(=O)CNC(=O)CCCCCN3C(=O)CC(S)C3=O)cc2)cc1C. The molecule has 3 fully saturated rings. The van der Waals surface area contributed by atoms with Gasteiger partial charge in [0.15, 0.2) is 23.0 Å². The zero-order valence-corrected chi connectivity index (χ0v) is 49.7. The summed E-state index contributed by atoms with van der Waals surface area (Å²) in [5, 5.41) is 18.6. The van der Waals surface area contributed by atoms with Crippen molar-refractivity contribution < 1.29 is 67.1 Å². The topological polar surface area (TPSA) is 252 Å². The van der Waals surface area contributed by atoms with E-state index in [2.05, 4.69) is 48.3 Å². The van der Waals surface area contributed by atoms with Crippen molar-refractivity contribution in [2.24, 2.45) is 0 Å². The second-order valence-electron chi connectivity index (χ2n) is 21.9. The van der Waals surface area contributed by atoms with Crippen LogP contribution in [0.2, 0.25) is 0 Å². The number of rotatable bonds is 28. The first-order valence-corrected chi connectivity index (χ1v) is 29.1. The van der Waals surface area contributed by atoms with Crippen molar-refractivity contribution in [3.05, 3.63) is 108 Å². The molecule has 0 radical (unpaired) electrons. The van der Waals surface area contributed by atoms with Gasteiger partial charge in [0.2, 0.25) is 29.5 Å². The molecule has 84 heavy (non-hydrogen) atoms. The van der Waals surface area contributed by atoms with Crippen molar-refractivity contribution in [2.75, 3.05) is 70.4 Å². The van der Waals surface area contributed by atoms with Crippen molar-refractivity contribution in [1.82, 2.24) is 25.3 Å². The van der Waals surface area contributed by atoms with Crippen LogP contribution in [0.3, 0.4) is 0 Å². The Morgan fingerprint density at radius 1 is 0.857 bits per heavy atom. The number of benzene rings is 3. The standard InChI is InChI=1S/C62H79N7O14S/c1-9-17-46(65-55(72)33-63-54(71)18-13-11-14-23-66-56(73)31-52(84)60(66)77)57(74)64-42-21-19-41(20-22-42)37-83-61(78)69-47-30-51(49(80-8)29-45(47)59(76)68-35-39(4)32-62(68,6)53(69)36-70)82-25-16-12-15-24-81-50-27-40(5)44(28-48(50)79-7)58(75)67-34-38(3)26-43(67)10-2/h10,19-22,27-30,43,46,52-53,70,84H,2-4,9,11-18,23-26,31-37H2,1,5-8H3,(H,63,71)(H,64,74)(H,65,72). The van der Waals surface area contributed by atoms with E-state index in [1.165, 1.54) is 30.1 Å². The molecule has 5 unspecified atom stereocenters. The zero-order chi connectivity index (χ0) is 60.8. The van der Waals surface area contributed by atoms with Gasteiger partial charge in [-0.2, -0.15) is 12.6 Å². The van der Waals surface area contributed by atoms with Crippen LogP contribution in [-0.2, 0) is 35.3 Å². The van der Waals surface area contributed by atoms with E-state index in [1.54, 1.807) is 52.3 Å². The van der Waals surface area contributed by atoms with Crippen LogP contribution in [-0.4, -0.2) is 156 Å². The van der Waals surface area contributed by atoms with Gasteiger partial charge < -0.3 is 54.5 Å². The number of likely N-dealkylation sites (tertiary alicyclic amines) is 2. The van der Waals surface area contributed by atoms with Gasteiger partial charge >= 0.3 is 6.09 Å². The molecule has 3 aromatic rings. The summed E-state index contributed by atoms with van der Waals surface area (Å²) in [6.45, 7) is 18.1. The molecular formula is C62H79N7O14S. The number of nitrogens with zero attached hydrogens (tertiary/aromatic N) is 4. The van der Waals surface area contributed by atoms with E-state index >= 15 is 0 Å². The third-order valence-electron chi connectivity index (χ3n) is 15.7. The highest BCUT2D eigenvalue weighted by Crippen LogP contribution is 2.47. The van der Waals surface area contributed by atoms with Crippen molar-refractivity contribution in [3.8, 4) is 23.0 Å². The molecule has 0 aromatic heterocycles. The van der Waals surface area contributed by atoms with Gasteiger partial charge in [0.05, 0.1) is 74.7 Å². The van der Waals surface area contributed by atoms with Crippen LogP contribution in [0.1, 0.15) is 123 Å². The van der Waals surface area contributed by atoms with Gasteiger partial charge in [0, 0.05) is 49.8 Å². The van der Waals surface area contributed by atoms with Crippen molar-refractivity contribution in [2.45, 2.75) is 133 Å². The van der Waals surface area contributed by atoms with Gasteiger partial charge in [0.1, 0.15) is 12.6 Å². The Balaban J connectivity index is 0.927. The number of nitrogens with one attached hydrogen (secondary N) is 3. The van der Waals surface area contributed by atoms with E-state index < -0.39 is 47.4 Å². The molecule has 22 heteroatoms. The maximum atomic E-state index is 14.5. The molecule has 21 nitrogen and oxygen atoms in total. The third-order valence-corrected chi connectivity index (χ3v) is 16.1. The first-order valence-electron chi connectivity index (χ1n) is 28.6. The number of fused-ring (bicyclic) bond motifs is 2. The number of aliphatic hydroxyl groups excluding tert-OH is 1. The molecule has 7 rings (SSSR count). The predicted octanol–water partition coefficient (Wildman–Crippen LogP) is 7.23. The average molecular weight is 1180 g/mol. The van der Waals surface area contributed by atoms with E-state index in [1.807, 2.05) is 26.8 Å². The molecule has 0 saturated carbocycles. The van der Waals surface area contributed by atoms with E-state index in [4.69, 9.17) is 23.7 Å². The van der Waals surface area contributed by atoms with E-state index in [0.29, 0.717) is 106 Å². The zero-order valence-electron chi connectivity index (χ0n) is 48.8. The lowest BCUT2D eigenvalue weighted by Crippen LogP contribution is -2.60. The number of hydrogen-bond donors (Lipinski definition) is 5. The van der Waals surface area contributed by atoms with Gasteiger partial charge in [-0.25, -0.2) is 4.79 Å². The number of aryl methyl sites for hydroxylation is 1. The molecule has 3 saturated heterocycles. The van der Waals surface area contributed by atoms with Crippen LogP contribution < -0.4 is 39.8 Å². The fraction of sp³-hybridized carbons (Fsp3) is 0.484. The molecule has 0 spiro atoms. The number of ether oxygens (including phenoxy) is 5. The molecular weight excluding hydrogens is 1100 g/mol. The van der Waals surface area contributed by atoms with Gasteiger partial charge in [-0.3, -0.25) is 43.4 Å². The molecule has 3 aromatic carbocycles. The normalized spacial score (nSPS) is 19.6. The van der Waals surface area contributed by atoms with Crippen LogP contribution in [0.15, 0.2) is 85.5 Å². The van der Waals surface area contributed by atoms with Crippen LogP contribution in [0, 0.1) is 6.92 Å². The van der Waals surface area contributed by atoms with Crippen molar-refractivity contribution in [3.63, 3.8) is 0 Å². The van der Waals surface area contributed by atoms with Gasteiger partial charge in [-0.15, -0.1) is 6.58 Å². The second kappa shape index (κ2) is 29.1. The maximum absolute atomic E-state index is 14.5. The molecule has 4 aliphatic heterocycles. The van der Waals surface area contributed by atoms with Gasteiger partial charge in [-0.05, 0) is 107 Å². The van der Waals surface area contributed by atoms with E-state index in [0.717, 1.165) is 16.7 Å². The Hall–Kier alpha value is -7.85. The molecule has 4 heterocycles. The summed E-state index contributed by atoms with van der Waals surface area (Å²) in [6.07, 6.45) is 6.69. The first kappa shape index (κ1) is 63.7. The lowest BCUT2D eigenvalue weighted by Gasteiger charge is -2.42. The lowest BCUT2D eigenvalue weighted by molar-refractivity contribution is -0.138. The fourth-order valence-electron chi connectivity index (χ4n) is 11.1. The minimum atomic E-state index is -1.07. The summed E-state index contributed by atoms with van der Waals surface area (Å²) < 4.78 is 29.8. The van der Waals surface area contributed by atoms with Gasteiger partial charge in [0.25, 0.3) is 11.8 Å². The third kappa shape index (κ3) is 15.1. The van der Waals surface area contributed by atoms with Crippen LogP contribution in [0.5, 0.6) is 23.0 Å². The highest BCUT2D eigenvalue weighted by Gasteiger charge is 2.54. The largest absolute Gasteiger partial charge is 0.493 e. The van der Waals surface area contributed by atoms with Crippen LogP contribution >= 0.6 is 12.6 Å². The molecule has 0 aliphatic carbocycles. The average Bonchev–Trinajstić information content (AvgIpc) is 2.33. The first-order chi connectivity index (χ1) is 40.2. The summed E-state index contributed by atoms with van der Waals surface area (Å²) >= 11 is 4.13. The summed E-state index contributed by atoms with van der Waals surface area (Å²) in [7, 11) is 2.99. The Kier molecular flexibility index (Phi) is 22.1. The van der Waals surface area contributed by atoms with Crippen molar-refractivity contribution in [1.29, 1.82) is 0 Å². The lowest BCUT2D eigenvalue weighted by atomic mass is 9.88. The van der Waals surface area contributed by atoms with Crippen LogP contribution in [0.25, 0.3) is 0 Å². The Morgan fingerprint density at radius 3 is 2.18 bits per heavy atom. The van der Waals surface area contributed by atoms with E-state index in [-0.39, 0.29) is 104 Å². The highest BCUT2D eigenvalue weighted by molar-refractivity contribution is 7.81. The minimum absolute atomic E-state index is 0.0894. The summed E-state index contributed by atoms with van der Waals surface area (Å²) in [4.78, 5) is 111. The summed E-state index contributed by atoms with van der Waals surface area (Å²) in [5.41, 5.74) is 3.21. The summed E-state index contributed by atoms with van der Waals surface area (Å²) in [5.74, 6) is -0.919. The molecule has 5 atom stereocenters. The molecule has 452 valence electrons. The maximum Gasteiger partial charge on any atom is 0.415 e. The second-order valence-corrected chi connectivity index (χ2v) is 22.5. The number of hydrogen-bond acceptors (Lipinski definition) is 15. The number of thiol groups is 1. The number of aliphatic hydroxyl groups is 1.